The van der Waals surface area contributed by atoms with Crippen LogP contribution in [0.2, 0.25) is 0 Å². The largest absolute Gasteiger partial charge is 0.398 e. The standard InChI is InChI=1S/C5H4FN2/c6-5-3-4(7)1-2-8-5/h1-2H,(H2,7,8). The number of hydrogen-bond donors (Lipinski definition) is 1. The van der Waals surface area contributed by atoms with Crippen LogP contribution in [-0.2, 0) is 0 Å². The van der Waals surface area contributed by atoms with Crippen molar-refractivity contribution in [2.75, 3.05) is 5.73 Å². The van der Waals surface area contributed by atoms with Crippen molar-refractivity contribution in [1.29, 1.82) is 0 Å². The van der Waals surface area contributed by atoms with Crippen LogP contribution in [0.3, 0.4) is 0 Å². The lowest BCUT2D eigenvalue weighted by molar-refractivity contribution is 0.582. The first-order valence-electron chi connectivity index (χ1n) is 2.08. The highest BCUT2D eigenvalue weighted by atomic mass is 19.1. The van der Waals surface area contributed by atoms with Gasteiger partial charge in [0.2, 0.25) is 5.95 Å². The van der Waals surface area contributed by atoms with Crippen LogP contribution in [0.15, 0.2) is 12.3 Å². The van der Waals surface area contributed by atoms with Crippen LogP contribution in [0.4, 0.5) is 10.1 Å². The Balaban J connectivity index is 3.08. The monoisotopic (exact) mass is 111 g/mol. The smallest absolute Gasteiger partial charge is 0.223 e. The minimum absolute atomic E-state index is 0.275. The predicted molar refractivity (Wildman–Crippen MR) is 27.4 cm³/mol. The van der Waals surface area contributed by atoms with Crippen molar-refractivity contribution in [2.45, 2.75) is 0 Å². The lowest BCUT2D eigenvalue weighted by atomic mass is 10.4. The maximum absolute atomic E-state index is 11.9. The molecule has 1 rings (SSSR count). The fourth-order valence-electron chi connectivity index (χ4n) is 0.376. The Morgan fingerprint density at radius 1 is 1.75 bits per heavy atom. The molecule has 0 spiro atoms. The van der Waals surface area contributed by atoms with E-state index in [1.807, 2.05) is 0 Å². The molecule has 2 N–H and O–H groups in total. The Morgan fingerprint density at radius 3 is 2.88 bits per heavy atom. The molecular formula is C5H4FN2. The molecule has 0 bridgehead atoms. The molecular weight excluding hydrogens is 107 g/mol. The highest BCUT2D eigenvalue weighted by Gasteiger charge is 1.88. The van der Waals surface area contributed by atoms with E-state index in [4.69, 9.17) is 5.73 Å². The van der Waals surface area contributed by atoms with E-state index in [9.17, 15) is 4.39 Å². The van der Waals surface area contributed by atoms with E-state index >= 15 is 0 Å². The second-order valence-corrected chi connectivity index (χ2v) is 1.32. The summed E-state index contributed by atoms with van der Waals surface area (Å²) in [5.41, 5.74) is 5.40. The van der Waals surface area contributed by atoms with Crippen molar-refractivity contribution < 1.29 is 4.39 Å². The van der Waals surface area contributed by atoms with Crippen LogP contribution in [0.1, 0.15) is 0 Å². The lowest BCUT2D eigenvalue weighted by Gasteiger charge is -1.86. The van der Waals surface area contributed by atoms with Crippen LogP contribution in [0.5, 0.6) is 0 Å². The van der Waals surface area contributed by atoms with Crippen LogP contribution in [0, 0.1) is 12.0 Å². The molecule has 0 amide bonds. The van der Waals surface area contributed by atoms with Gasteiger partial charge in [-0.05, 0) is 6.07 Å². The molecule has 0 aromatic carbocycles. The topological polar surface area (TPSA) is 38.9 Å². The SMILES string of the molecule is Nc1[c]c(F)ncc1. The van der Waals surface area contributed by atoms with E-state index in [1.165, 1.54) is 12.3 Å². The van der Waals surface area contributed by atoms with Crippen molar-refractivity contribution in [3.8, 4) is 0 Å². The zero-order valence-corrected chi connectivity index (χ0v) is 4.06. The number of anilines is 1. The Morgan fingerprint density at radius 2 is 2.50 bits per heavy atom. The summed E-state index contributed by atoms with van der Waals surface area (Å²) in [6.45, 7) is 0. The molecule has 1 aromatic rings. The summed E-state index contributed by atoms with van der Waals surface area (Å²) in [7, 11) is 0. The van der Waals surface area contributed by atoms with Gasteiger partial charge in [-0.25, -0.2) is 4.98 Å². The molecule has 0 fully saturated rings. The summed E-state index contributed by atoms with van der Waals surface area (Å²) in [6.07, 6.45) is 1.29. The second kappa shape index (κ2) is 1.78. The number of nitrogen functional groups attached to an aromatic ring is 1. The highest BCUT2D eigenvalue weighted by molar-refractivity contribution is 5.32. The molecule has 3 heteroatoms. The van der Waals surface area contributed by atoms with E-state index < -0.39 is 5.95 Å². The van der Waals surface area contributed by atoms with E-state index in [-0.39, 0.29) is 5.69 Å². The molecule has 1 heterocycles. The molecule has 41 valence electrons. The van der Waals surface area contributed by atoms with Crippen molar-refractivity contribution in [2.24, 2.45) is 0 Å². The van der Waals surface area contributed by atoms with Gasteiger partial charge in [0, 0.05) is 11.9 Å². The maximum Gasteiger partial charge on any atom is 0.223 e. The molecule has 8 heavy (non-hydrogen) atoms. The van der Waals surface area contributed by atoms with Crippen LogP contribution in [0.25, 0.3) is 0 Å². The van der Waals surface area contributed by atoms with Gasteiger partial charge < -0.3 is 5.73 Å². The number of halogens is 1. The summed E-state index contributed by atoms with van der Waals surface area (Å²) in [6, 6.07) is 3.65. The zero-order chi connectivity index (χ0) is 5.98. The second-order valence-electron chi connectivity index (χ2n) is 1.32. The Kier molecular flexibility index (Phi) is 1.12. The summed E-state index contributed by atoms with van der Waals surface area (Å²) in [4.78, 5) is 3.24. The fraction of sp³-hybridized carbons (Fsp3) is 0. The van der Waals surface area contributed by atoms with Gasteiger partial charge in [-0.1, -0.05) is 0 Å². The fourth-order valence-corrected chi connectivity index (χ4v) is 0.376. The quantitative estimate of drug-likeness (QED) is 0.498. The van der Waals surface area contributed by atoms with Gasteiger partial charge in [0.15, 0.2) is 0 Å². The first-order valence-corrected chi connectivity index (χ1v) is 2.08. The number of nitrogens with two attached hydrogens (primary N) is 1. The van der Waals surface area contributed by atoms with Crippen molar-refractivity contribution in [1.82, 2.24) is 4.98 Å². The van der Waals surface area contributed by atoms with E-state index in [1.54, 1.807) is 0 Å². The Bertz CT molecular complexity index is 170. The zero-order valence-electron chi connectivity index (χ0n) is 4.06. The molecule has 1 radical (unpaired) electrons. The molecule has 0 unspecified atom stereocenters. The number of hydrogen-bond acceptors (Lipinski definition) is 2. The molecule has 0 atom stereocenters. The molecule has 2 nitrogen and oxygen atoms in total. The molecule has 0 aliphatic heterocycles. The summed E-state index contributed by atoms with van der Waals surface area (Å²) in [5, 5.41) is 0. The molecule has 0 saturated carbocycles. The summed E-state index contributed by atoms with van der Waals surface area (Å²) >= 11 is 0. The van der Waals surface area contributed by atoms with Crippen molar-refractivity contribution in [3.05, 3.63) is 24.3 Å². The average Bonchev–Trinajstić information content (AvgIpc) is 1.64. The molecule has 1 aromatic heterocycles. The van der Waals surface area contributed by atoms with E-state index in [0.717, 1.165) is 0 Å². The number of rotatable bonds is 0. The number of aromatic nitrogens is 1. The van der Waals surface area contributed by atoms with Gasteiger partial charge in [0.25, 0.3) is 0 Å². The average molecular weight is 111 g/mol. The van der Waals surface area contributed by atoms with Crippen molar-refractivity contribution in [3.63, 3.8) is 0 Å². The van der Waals surface area contributed by atoms with Gasteiger partial charge in [0.05, 0.1) is 6.07 Å². The first kappa shape index (κ1) is 5.03. The van der Waals surface area contributed by atoms with Gasteiger partial charge in [-0.2, -0.15) is 4.39 Å². The number of nitrogens with zero attached hydrogens (tertiary/aromatic N) is 1. The molecule has 0 aliphatic rings. The number of pyridine rings is 1. The third kappa shape index (κ3) is 0.932. The summed E-state index contributed by atoms with van der Waals surface area (Å²) in [5.74, 6) is -0.662. The maximum atomic E-state index is 11.9. The Labute approximate surface area is 46.2 Å². The van der Waals surface area contributed by atoms with Gasteiger partial charge in [-0.15, -0.1) is 0 Å². The van der Waals surface area contributed by atoms with E-state index in [2.05, 4.69) is 11.1 Å². The molecule has 0 saturated heterocycles. The van der Waals surface area contributed by atoms with Gasteiger partial charge >= 0.3 is 0 Å². The molecule has 0 aliphatic carbocycles. The third-order valence-corrected chi connectivity index (χ3v) is 0.689. The lowest BCUT2D eigenvalue weighted by Crippen LogP contribution is -1.87. The van der Waals surface area contributed by atoms with Gasteiger partial charge in [-0.3, -0.25) is 0 Å². The highest BCUT2D eigenvalue weighted by Crippen LogP contribution is 1.97. The normalized spacial score (nSPS) is 9.12. The minimum Gasteiger partial charge on any atom is -0.398 e. The van der Waals surface area contributed by atoms with Crippen LogP contribution >= 0.6 is 0 Å². The first-order chi connectivity index (χ1) is 3.79. The van der Waals surface area contributed by atoms with E-state index in [0.29, 0.717) is 0 Å². The van der Waals surface area contributed by atoms with Crippen LogP contribution < -0.4 is 5.73 Å². The van der Waals surface area contributed by atoms with Crippen LogP contribution in [-0.4, -0.2) is 4.98 Å². The minimum atomic E-state index is -0.662. The third-order valence-electron chi connectivity index (χ3n) is 0.689. The van der Waals surface area contributed by atoms with Crippen molar-refractivity contribution >= 4 is 5.69 Å². The summed E-state index contributed by atoms with van der Waals surface area (Å²) < 4.78 is 11.9. The van der Waals surface area contributed by atoms with Gasteiger partial charge in [0.1, 0.15) is 0 Å². The predicted octanol–water partition coefficient (Wildman–Crippen LogP) is 0.603. The Hall–Kier alpha value is -1.12.